The monoisotopic (exact) mass is 137 g/mol. The smallest absolute Gasteiger partial charge is 0.0563 e. The highest BCUT2D eigenvalue weighted by Crippen LogP contribution is 2.03. The number of hydrogen-bond acceptors (Lipinski definition) is 2. The van der Waals surface area contributed by atoms with E-state index in [-0.39, 0.29) is 0 Å². The van der Waals surface area contributed by atoms with Crippen LogP contribution in [0.15, 0.2) is 18.5 Å². The summed E-state index contributed by atoms with van der Waals surface area (Å²) in [6.45, 7) is 2.19. The lowest BCUT2D eigenvalue weighted by molar-refractivity contribution is 0.319. The Morgan fingerprint density at radius 2 is 2.60 bits per heavy atom. The van der Waals surface area contributed by atoms with E-state index in [2.05, 4.69) is 10.4 Å². The molecule has 10 heavy (non-hydrogen) atoms. The maximum absolute atomic E-state index is 4.11. The summed E-state index contributed by atoms with van der Waals surface area (Å²) in [6.07, 6.45) is 5.11. The standard InChI is InChI=1S/C7H11N3/c1-3-9-10(5-1)6-7-2-4-8-7/h1,3,5,7-8H,2,4,6H2. The summed E-state index contributed by atoms with van der Waals surface area (Å²) in [5.74, 6) is 0. The van der Waals surface area contributed by atoms with Gasteiger partial charge in [-0.3, -0.25) is 4.68 Å². The number of nitrogens with one attached hydrogen (secondary N) is 1. The molecule has 1 unspecified atom stereocenters. The van der Waals surface area contributed by atoms with E-state index in [1.54, 1.807) is 0 Å². The van der Waals surface area contributed by atoms with Gasteiger partial charge in [-0.2, -0.15) is 5.10 Å². The van der Waals surface area contributed by atoms with Gasteiger partial charge in [-0.1, -0.05) is 0 Å². The molecule has 2 rings (SSSR count). The quantitative estimate of drug-likeness (QED) is 0.633. The molecule has 3 nitrogen and oxygen atoms in total. The van der Waals surface area contributed by atoms with Crippen molar-refractivity contribution in [1.82, 2.24) is 15.1 Å². The topological polar surface area (TPSA) is 29.9 Å². The first-order valence-electron chi connectivity index (χ1n) is 3.66. The third-order valence-corrected chi connectivity index (χ3v) is 1.89. The van der Waals surface area contributed by atoms with Gasteiger partial charge in [-0.05, 0) is 19.0 Å². The maximum atomic E-state index is 4.11. The first-order valence-corrected chi connectivity index (χ1v) is 3.66. The summed E-state index contributed by atoms with van der Waals surface area (Å²) in [6, 6.07) is 2.62. The third kappa shape index (κ3) is 1.04. The molecule has 0 aliphatic carbocycles. The van der Waals surface area contributed by atoms with Crippen LogP contribution in [0.5, 0.6) is 0 Å². The first-order chi connectivity index (χ1) is 4.95. The van der Waals surface area contributed by atoms with E-state index >= 15 is 0 Å². The van der Waals surface area contributed by atoms with Crippen molar-refractivity contribution in [3.8, 4) is 0 Å². The molecule has 0 bridgehead atoms. The normalized spacial score (nSPS) is 24.2. The van der Waals surface area contributed by atoms with Gasteiger partial charge in [0.15, 0.2) is 0 Å². The second kappa shape index (κ2) is 2.42. The van der Waals surface area contributed by atoms with Gasteiger partial charge in [0.25, 0.3) is 0 Å². The molecular weight excluding hydrogens is 126 g/mol. The number of hydrogen-bond donors (Lipinski definition) is 1. The maximum Gasteiger partial charge on any atom is 0.0563 e. The van der Waals surface area contributed by atoms with Crippen molar-refractivity contribution in [2.24, 2.45) is 0 Å². The van der Waals surface area contributed by atoms with Crippen molar-refractivity contribution in [3.63, 3.8) is 0 Å². The summed E-state index contributed by atoms with van der Waals surface area (Å²) in [7, 11) is 0. The first kappa shape index (κ1) is 5.92. The Kier molecular flexibility index (Phi) is 1.43. The van der Waals surface area contributed by atoms with Crippen molar-refractivity contribution < 1.29 is 0 Å². The predicted molar refractivity (Wildman–Crippen MR) is 38.6 cm³/mol. The Labute approximate surface area is 60.0 Å². The van der Waals surface area contributed by atoms with Crippen LogP contribution >= 0.6 is 0 Å². The van der Waals surface area contributed by atoms with Gasteiger partial charge < -0.3 is 5.32 Å². The predicted octanol–water partition coefficient (Wildman–Crippen LogP) is 0.245. The molecule has 3 heteroatoms. The van der Waals surface area contributed by atoms with Crippen LogP contribution in [0.4, 0.5) is 0 Å². The summed E-state index contributed by atoms with van der Waals surface area (Å²) in [5, 5.41) is 7.44. The second-order valence-corrected chi connectivity index (χ2v) is 2.67. The zero-order valence-electron chi connectivity index (χ0n) is 5.83. The SMILES string of the molecule is c1cnn(CC2CCN2)c1. The lowest BCUT2D eigenvalue weighted by Crippen LogP contribution is -2.45. The average Bonchev–Trinajstić information content (AvgIpc) is 2.29. The molecule has 0 spiro atoms. The third-order valence-electron chi connectivity index (χ3n) is 1.89. The van der Waals surface area contributed by atoms with E-state index in [0.29, 0.717) is 6.04 Å². The van der Waals surface area contributed by atoms with Crippen LogP contribution < -0.4 is 5.32 Å². The molecular formula is C7H11N3. The Bertz CT molecular complexity index is 189. The Morgan fingerprint density at radius 1 is 1.70 bits per heavy atom. The van der Waals surface area contributed by atoms with Crippen LogP contribution in [0.25, 0.3) is 0 Å². The molecule has 1 aromatic heterocycles. The number of rotatable bonds is 2. The summed E-state index contributed by atoms with van der Waals surface area (Å²) < 4.78 is 1.97. The van der Waals surface area contributed by atoms with E-state index in [0.717, 1.165) is 6.54 Å². The van der Waals surface area contributed by atoms with Crippen molar-refractivity contribution in [2.45, 2.75) is 19.0 Å². The van der Waals surface area contributed by atoms with Gasteiger partial charge >= 0.3 is 0 Å². The highest BCUT2D eigenvalue weighted by Gasteiger charge is 2.15. The van der Waals surface area contributed by atoms with E-state index in [9.17, 15) is 0 Å². The van der Waals surface area contributed by atoms with E-state index < -0.39 is 0 Å². The van der Waals surface area contributed by atoms with E-state index in [4.69, 9.17) is 0 Å². The van der Waals surface area contributed by atoms with Crippen molar-refractivity contribution in [1.29, 1.82) is 0 Å². The Balaban J connectivity index is 1.90. The summed E-state index contributed by atoms with van der Waals surface area (Å²) in [5.41, 5.74) is 0. The van der Waals surface area contributed by atoms with Gasteiger partial charge in [-0.25, -0.2) is 0 Å². The molecule has 1 aliphatic rings. The van der Waals surface area contributed by atoms with Gasteiger partial charge in [0.05, 0.1) is 6.54 Å². The number of aromatic nitrogens is 2. The molecule has 54 valence electrons. The highest BCUT2D eigenvalue weighted by atomic mass is 15.3. The van der Waals surface area contributed by atoms with E-state index in [1.165, 1.54) is 13.0 Å². The largest absolute Gasteiger partial charge is 0.312 e. The highest BCUT2D eigenvalue weighted by molar-refractivity contribution is 4.82. The van der Waals surface area contributed by atoms with Gasteiger partial charge in [0.1, 0.15) is 0 Å². The second-order valence-electron chi connectivity index (χ2n) is 2.67. The molecule has 0 amide bonds. The minimum absolute atomic E-state index is 0.667. The van der Waals surface area contributed by atoms with Crippen molar-refractivity contribution in [3.05, 3.63) is 18.5 Å². The molecule has 2 heterocycles. The average molecular weight is 137 g/mol. The van der Waals surface area contributed by atoms with E-state index in [1.807, 2.05) is 23.1 Å². The zero-order valence-corrected chi connectivity index (χ0v) is 5.83. The van der Waals surface area contributed by atoms with Crippen LogP contribution in [0, 0.1) is 0 Å². The van der Waals surface area contributed by atoms with Crippen LogP contribution in [0.2, 0.25) is 0 Å². The minimum Gasteiger partial charge on any atom is -0.312 e. The lowest BCUT2D eigenvalue weighted by Gasteiger charge is -2.27. The molecule has 1 aliphatic heterocycles. The minimum atomic E-state index is 0.667. The Morgan fingerprint density at radius 3 is 3.10 bits per heavy atom. The molecule has 1 fully saturated rings. The van der Waals surface area contributed by atoms with Gasteiger partial charge in [0, 0.05) is 18.4 Å². The fourth-order valence-corrected chi connectivity index (χ4v) is 1.14. The fraction of sp³-hybridized carbons (Fsp3) is 0.571. The van der Waals surface area contributed by atoms with Crippen LogP contribution in [-0.2, 0) is 6.54 Å². The number of nitrogens with zero attached hydrogens (tertiary/aromatic N) is 2. The molecule has 0 saturated carbocycles. The fourth-order valence-electron chi connectivity index (χ4n) is 1.14. The van der Waals surface area contributed by atoms with Gasteiger partial charge in [-0.15, -0.1) is 0 Å². The molecule has 1 saturated heterocycles. The Hall–Kier alpha value is -0.830. The summed E-state index contributed by atoms with van der Waals surface area (Å²) in [4.78, 5) is 0. The van der Waals surface area contributed by atoms with Crippen molar-refractivity contribution in [2.75, 3.05) is 6.54 Å². The molecule has 1 atom stereocenters. The lowest BCUT2D eigenvalue weighted by atomic mass is 10.1. The molecule has 0 aromatic carbocycles. The molecule has 0 radical (unpaired) electrons. The van der Waals surface area contributed by atoms with Crippen LogP contribution in [0.1, 0.15) is 6.42 Å². The van der Waals surface area contributed by atoms with Gasteiger partial charge in [0.2, 0.25) is 0 Å². The zero-order chi connectivity index (χ0) is 6.81. The van der Waals surface area contributed by atoms with Crippen LogP contribution in [0.3, 0.4) is 0 Å². The molecule has 1 N–H and O–H groups in total. The van der Waals surface area contributed by atoms with Crippen LogP contribution in [-0.4, -0.2) is 22.4 Å². The summed E-state index contributed by atoms with van der Waals surface area (Å²) >= 11 is 0. The molecule has 1 aromatic rings. The van der Waals surface area contributed by atoms with Crippen molar-refractivity contribution >= 4 is 0 Å².